The van der Waals surface area contributed by atoms with Gasteiger partial charge < -0.3 is 10.6 Å². The van der Waals surface area contributed by atoms with Gasteiger partial charge in [-0.25, -0.2) is 8.42 Å². The van der Waals surface area contributed by atoms with Crippen LogP contribution >= 0.6 is 11.8 Å². The van der Waals surface area contributed by atoms with Crippen LogP contribution in [0.15, 0.2) is 23.2 Å². The summed E-state index contributed by atoms with van der Waals surface area (Å²) in [6.07, 6.45) is 4.48. The molecule has 1 aromatic rings. The molecule has 2 aliphatic heterocycles. The number of benzene rings is 1. The number of sulfone groups is 1. The fraction of sp³-hybridized carbons (Fsp3) is 0.556. The number of thioether (sulfide) groups is 1. The zero-order chi connectivity index (χ0) is 18.3. The number of amidine groups is 1. The maximum Gasteiger partial charge on any atom is 0.251 e. The first-order valence-corrected chi connectivity index (χ1v) is 11.7. The minimum atomic E-state index is -2.95. The smallest absolute Gasteiger partial charge is 0.251 e. The van der Waals surface area contributed by atoms with E-state index < -0.39 is 9.84 Å². The molecule has 6 nitrogen and oxygen atoms in total. The fourth-order valence-corrected chi connectivity index (χ4v) is 7.44. The van der Waals surface area contributed by atoms with Crippen LogP contribution in [0.1, 0.15) is 41.6 Å². The van der Waals surface area contributed by atoms with Gasteiger partial charge in [0.1, 0.15) is 0 Å². The largest absolute Gasteiger partial charge is 0.349 e. The molecule has 4 rings (SSSR count). The lowest BCUT2D eigenvalue weighted by Crippen LogP contribution is -2.32. The molecular weight excluding hydrogens is 370 g/mol. The fourth-order valence-electron chi connectivity index (χ4n) is 3.77. The van der Waals surface area contributed by atoms with E-state index in [1.165, 1.54) is 24.6 Å². The normalized spacial score (nSPS) is 27.2. The molecule has 8 heteroatoms. The van der Waals surface area contributed by atoms with Crippen molar-refractivity contribution in [3.05, 3.63) is 29.3 Å². The molecule has 2 N–H and O–H groups in total. The molecule has 2 atom stereocenters. The van der Waals surface area contributed by atoms with Gasteiger partial charge in [-0.2, -0.15) is 0 Å². The molecule has 0 unspecified atom stereocenters. The van der Waals surface area contributed by atoms with Crippen LogP contribution in [-0.2, 0) is 9.84 Å². The van der Waals surface area contributed by atoms with E-state index in [1.54, 1.807) is 0 Å². The van der Waals surface area contributed by atoms with Crippen LogP contribution in [0.5, 0.6) is 0 Å². The van der Waals surface area contributed by atoms with Crippen molar-refractivity contribution in [2.45, 2.75) is 49.9 Å². The molecule has 2 fully saturated rings. The maximum atomic E-state index is 12.5. The van der Waals surface area contributed by atoms with Crippen molar-refractivity contribution in [3.63, 3.8) is 0 Å². The standard InChI is InChI=1S/C18H23N3O3S2/c1-11-6-7-12(17(22)19-13-4-2-3-5-13)8-14(11)20-18-21-15-9-26(23,24)10-16(15)25-18/h6-8,13,15-16H,2-5,9-10H2,1H3,(H,19,22)(H,20,21)/t15-,16-/m1/s1. The summed E-state index contributed by atoms with van der Waals surface area (Å²) in [4.78, 5) is 17.0. The van der Waals surface area contributed by atoms with Gasteiger partial charge in [-0.15, -0.1) is 0 Å². The Labute approximate surface area is 158 Å². The average Bonchev–Trinajstić information content (AvgIpc) is 3.24. The number of fused-ring (bicyclic) bond motifs is 1. The molecule has 140 valence electrons. The maximum absolute atomic E-state index is 12.5. The molecule has 0 aromatic heterocycles. The second-order valence-corrected chi connectivity index (χ2v) is 10.7. The second-order valence-electron chi connectivity index (χ2n) is 7.34. The Morgan fingerprint density at radius 1 is 1.23 bits per heavy atom. The van der Waals surface area contributed by atoms with Gasteiger partial charge in [-0.1, -0.05) is 30.7 Å². The van der Waals surface area contributed by atoms with Crippen LogP contribution in [0, 0.1) is 6.92 Å². The van der Waals surface area contributed by atoms with Crippen LogP contribution in [-0.4, -0.2) is 48.3 Å². The number of rotatable bonds is 3. The predicted octanol–water partition coefficient (Wildman–Crippen LogP) is 2.35. The first-order chi connectivity index (χ1) is 12.4. The summed E-state index contributed by atoms with van der Waals surface area (Å²) in [6.45, 7) is 1.98. The van der Waals surface area contributed by atoms with Crippen LogP contribution < -0.4 is 10.6 Å². The molecule has 1 saturated heterocycles. The van der Waals surface area contributed by atoms with Crippen molar-refractivity contribution < 1.29 is 13.2 Å². The Morgan fingerprint density at radius 3 is 2.73 bits per heavy atom. The molecule has 0 radical (unpaired) electrons. The summed E-state index contributed by atoms with van der Waals surface area (Å²) >= 11 is 1.49. The van der Waals surface area contributed by atoms with Gasteiger partial charge in [0.2, 0.25) is 0 Å². The molecule has 0 bridgehead atoms. The van der Waals surface area contributed by atoms with E-state index in [-0.39, 0.29) is 34.7 Å². The zero-order valence-electron chi connectivity index (χ0n) is 14.7. The summed E-state index contributed by atoms with van der Waals surface area (Å²) in [6, 6.07) is 5.76. The Balaban J connectivity index is 1.46. The van der Waals surface area contributed by atoms with Crippen LogP contribution in [0.4, 0.5) is 5.69 Å². The molecule has 0 spiro atoms. The van der Waals surface area contributed by atoms with E-state index in [2.05, 4.69) is 15.6 Å². The number of nitrogens with zero attached hydrogens (tertiary/aromatic N) is 1. The van der Waals surface area contributed by atoms with Gasteiger partial charge in [0, 0.05) is 22.5 Å². The van der Waals surface area contributed by atoms with Crippen molar-refractivity contribution in [1.29, 1.82) is 0 Å². The third kappa shape index (κ3) is 3.76. The molecule has 3 aliphatic rings. The van der Waals surface area contributed by atoms with Crippen molar-refractivity contribution in [2.24, 2.45) is 4.99 Å². The van der Waals surface area contributed by atoms with E-state index in [1.807, 2.05) is 25.1 Å². The number of aryl methyl sites for hydroxylation is 1. The highest BCUT2D eigenvalue weighted by molar-refractivity contribution is 8.15. The zero-order valence-corrected chi connectivity index (χ0v) is 16.3. The molecule has 1 saturated carbocycles. The van der Waals surface area contributed by atoms with Crippen molar-refractivity contribution in [2.75, 3.05) is 16.8 Å². The Bertz CT molecular complexity index is 860. The summed E-state index contributed by atoms with van der Waals surface area (Å²) < 4.78 is 23.4. The quantitative estimate of drug-likeness (QED) is 0.823. The number of hydrogen-bond donors (Lipinski definition) is 2. The third-order valence-electron chi connectivity index (χ3n) is 5.25. The number of hydrogen-bond acceptors (Lipinski definition) is 6. The number of amides is 1. The number of carbonyl (C=O) groups excluding carboxylic acids is 1. The molecule has 2 heterocycles. The monoisotopic (exact) mass is 393 g/mol. The van der Waals surface area contributed by atoms with Crippen LogP contribution in [0.2, 0.25) is 0 Å². The van der Waals surface area contributed by atoms with Crippen LogP contribution in [0.3, 0.4) is 0 Å². The lowest BCUT2D eigenvalue weighted by Gasteiger charge is -2.14. The lowest BCUT2D eigenvalue weighted by molar-refractivity contribution is 0.0938. The van der Waals surface area contributed by atoms with Gasteiger partial charge in [0.15, 0.2) is 15.0 Å². The molecule has 1 aliphatic carbocycles. The van der Waals surface area contributed by atoms with Gasteiger partial charge in [0.05, 0.1) is 17.5 Å². The Hall–Kier alpha value is -1.54. The number of carbonyl (C=O) groups is 1. The SMILES string of the molecule is Cc1ccc(C(=O)NC2CCCC2)cc1NC1=N[C@@H]2CS(=O)(=O)C[C@H]2S1. The van der Waals surface area contributed by atoms with Crippen molar-refractivity contribution in [3.8, 4) is 0 Å². The van der Waals surface area contributed by atoms with E-state index >= 15 is 0 Å². The minimum Gasteiger partial charge on any atom is -0.349 e. The highest BCUT2D eigenvalue weighted by Crippen LogP contribution is 2.35. The summed E-state index contributed by atoms with van der Waals surface area (Å²) in [7, 11) is -2.95. The number of nitrogens with one attached hydrogen (secondary N) is 2. The highest BCUT2D eigenvalue weighted by atomic mass is 32.2. The molecule has 1 aromatic carbocycles. The molecular formula is C18H23N3O3S2. The number of aliphatic imine (C=N–C) groups is 1. The minimum absolute atomic E-state index is 0.0108. The van der Waals surface area contributed by atoms with E-state index in [0.717, 1.165) is 29.3 Å². The van der Waals surface area contributed by atoms with Crippen molar-refractivity contribution >= 4 is 38.4 Å². The van der Waals surface area contributed by atoms with Crippen molar-refractivity contribution in [1.82, 2.24) is 5.32 Å². The lowest BCUT2D eigenvalue weighted by atomic mass is 10.1. The first kappa shape index (κ1) is 17.9. The Morgan fingerprint density at radius 2 is 2.00 bits per heavy atom. The summed E-state index contributed by atoms with van der Waals surface area (Å²) in [5.74, 6) is 0.294. The van der Waals surface area contributed by atoms with Gasteiger partial charge in [0.25, 0.3) is 5.91 Å². The first-order valence-electron chi connectivity index (χ1n) is 9.03. The average molecular weight is 394 g/mol. The number of anilines is 1. The third-order valence-corrected chi connectivity index (χ3v) is 8.39. The van der Waals surface area contributed by atoms with Crippen LogP contribution in [0.25, 0.3) is 0 Å². The van der Waals surface area contributed by atoms with Gasteiger partial charge >= 0.3 is 0 Å². The van der Waals surface area contributed by atoms with E-state index in [4.69, 9.17) is 0 Å². The van der Waals surface area contributed by atoms with E-state index in [0.29, 0.717) is 5.56 Å². The highest BCUT2D eigenvalue weighted by Gasteiger charge is 2.42. The van der Waals surface area contributed by atoms with E-state index in [9.17, 15) is 13.2 Å². The van der Waals surface area contributed by atoms with Gasteiger partial charge in [-0.05, 0) is 37.5 Å². The topological polar surface area (TPSA) is 87.6 Å². The van der Waals surface area contributed by atoms with Gasteiger partial charge in [-0.3, -0.25) is 9.79 Å². The summed E-state index contributed by atoms with van der Waals surface area (Å²) in [5.41, 5.74) is 2.50. The predicted molar refractivity (Wildman–Crippen MR) is 106 cm³/mol. The second kappa shape index (κ2) is 6.88. The Kier molecular flexibility index (Phi) is 4.73. The summed E-state index contributed by atoms with van der Waals surface area (Å²) in [5, 5.41) is 7.15. The molecule has 26 heavy (non-hydrogen) atoms. The molecule has 1 amide bonds.